The summed E-state index contributed by atoms with van der Waals surface area (Å²) < 4.78 is 40.9. The van der Waals surface area contributed by atoms with Crippen LogP contribution in [0.5, 0.6) is 0 Å². The van der Waals surface area contributed by atoms with Crippen LogP contribution in [0.15, 0.2) is 18.3 Å². The molecule has 1 fully saturated rings. The number of nitrogens with one attached hydrogen (secondary N) is 1. The SMILES string of the molecule is CN(C)c1cc(C(F)(F)F)nc(NCc2ccn(C3CCCC3)n2)n1. The van der Waals surface area contributed by atoms with Gasteiger partial charge in [0.25, 0.3) is 0 Å². The Balaban J connectivity index is 1.73. The van der Waals surface area contributed by atoms with Crippen LogP contribution in [0.2, 0.25) is 0 Å². The van der Waals surface area contributed by atoms with Crippen LogP contribution < -0.4 is 10.2 Å². The van der Waals surface area contributed by atoms with Crippen molar-refractivity contribution in [3.8, 4) is 0 Å². The molecule has 0 saturated heterocycles. The lowest BCUT2D eigenvalue weighted by Gasteiger charge is -2.15. The number of anilines is 2. The number of rotatable bonds is 5. The highest BCUT2D eigenvalue weighted by Gasteiger charge is 2.34. The van der Waals surface area contributed by atoms with E-state index >= 15 is 0 Å². The van der Waals surface area contributed by atoms with Crippen molar-refractivity contribution < 1.29 is 13.2 Å². The topological polar surface area (TPSA) is 58.9 Å². The number of hydrogen-bond acceptors (Lipinski definition) is 5. The maximum absolute atomic E-state index is 13.0. The molecule has 0 unspecified atom stereocenters. The minimum absolute atomic E-state index is 0.0612. The first-order chi connectivity index (χ1) is 11.8. The first-order valence-corrected chi connectivity index (χ1v) is 8.24. The van der Waals surface area contributed by atoms with Crippen LogP contribution >= 0.6 is 0 Å². The highest BCUT2D eigenvalue weighted by atomic mass is 19.4. The van der Waals surface area contributed by atoms with Gasteiger partial charge >= 0.3 is 6.18 Å². The molecule has 6 nitrogen and oxygen atoms in total. The van der Waals surface area contributed by atoms with Crippen molar-refractivity contribution in [1.29, 1.82) is 0 Å². The molecular weight excluding hydrogens is 333 g/mol. The molecule has 3 rings (SSSR count). The number of alkyl halides is 3. The Bertz CT molecular complexity index is 719. The highest BCUT2D eigenvalue weighted by molar-refractivity contribution is 5.44. The van der Waals surface area contributed by atoms with Gasteiger partial charge in [-0.15, -0.1) is 0 Å². The van der Waals surface area contributed by atoms with E-state index in [1.807, 2.05) is 16.9 Å². The molecule has 1 N–H and O–H groups in total. The molecule has 1 saturated carbocycles. The third-order valence-corrected chi connectivity index (χ3v) is 4.25. The fourth-order valence-corrected chi connectivity index (χ4v) is 2.90. The van der Waals surface area contributed by atoms with Gasteiger partial charge in [0.05, 0.1) is 18.3 Å². The monoisotopic (exact) mass is 354 g/mol. The van der Waals surface area contributed by atoms with E-state index in [1.165, 1.54) is 17.7 Å². The number of aromatic nitrogens is 4. The van der Waals surface area contributed by atoms with E-state index in [-0.39, 0.29) is 18.3 Å². The lowest BCUT2D eigenvalue weighted by Crippen LogP contribution is -2.17. The normalized spacial score (nSPS) is 15.6. The summed E-state index contributed by atoms with van der Waals surface area (Å²) in [6.07, 6.45) is 2.07. The first kappa shape index (κ1) is 17.5. The van der Waals surface area contributed by atoms with Crippen LogP contribution in [-0.4, -0.2) is 33.8 Å². The molecule has 0 bridgehead atoms. The molecule has 25 heavy (non-hydrogen) atoms. The Hall–Kier alpha value is -2.32. The van der Waals surface area contributed by atoms with E-state index in [0.29, 0.717) is 6.04 Å². The molecule has 0 amide bonds. The minimum Gasteiger partial charge on any atom is -0.363 e. The Morgan fingerprint density at radius 3 is 2.60 bits per heavy atom. The van der Waals surface area contributed by atoms with Crippen molar-refractivity contribution in [2.24, 2.45) is 0 Å². The number of hydrogen-bond donors (Lipinski definition) is 1. The molecule has 136 valence electrons. The Morgan fingerprint density at radius 1 is 1.24 bits per heavy atom. The molecule has 1 aliphatic rings. The maximum atomic E-state index is 13.0. The average Bonchev–Trinajstić information content (AvgIpc) is 3.23. The summed E-state index contributed by atoms with van der Waals surface area (Å²) >= 11 is 0. The predicted molar refractivity (Wildman–Crippen MR) is 88.4 cm³/mol. The van der Waals surface area contributed by atoms with E-state index in [1.54, 1.807) is 14.1 Å². The second kappa shape index (κ2) is 6.89. The largest absolute Gasteiger partial charge is 0.433 e. The summed E-state index contributed by atoms with van der Waals surface area (Å²) in [4.78, 5) is 9.20. The molecular formula is C16H21F3N6. The molecule has 0 aromatic carbocycles. The molecule has 0 atom stereocenters. The summed E-state index contributed by atoms with van der Waals surface area (Å²) in [5.41, 5.74) is -0.218. The van der Waals surface area contributed by atoms with Crippen LogP contribution in [0.3, 0.4) is 0 Å². The van der Waals surface area contributed by atoms with Crippen LogP contribution in [0.4, 0.5) is 24.9 Å². The van der Waals surface area contributed by atoms with Gasteiger partial charge in [-0.3, -0.25) is 4.68 Å². The van der Waals surface area contributed by atoms with Crippen molar-refractivity contribution in [3.05, 3.63) is 29.7 Å². The quantitative estimate of drug-likeness (QED) is 0.891. The second-order valence-corrected chi connectivity index (χ2v) is 6.41. The molecule has 2 aromatic rings. The third-order valence-electron chi connectivity index (χ3n) is 4.25. The van der Waals surface area contributed by atoms with Crippen molar-refractivity contribution in [2.75, 3.05) is 24.3 Å². The van der Waals surface area contributed by atoms with E-state index in [4.69, 9.17) is 0 Å². The van der Waals surface area contributed by atoms with E-state index in [9.17, 15) is 13.2 Å². The smallest absolute Gasteiger partial charge is 0.363 e. The van der Waals surface area contributed by atoms with Gasteiger partial charge < -0.3 is 10.2 Å². The number of halogens is 3. The summed E-state index contributed by atoms with van der Waals surface area (Å²) in [6, 6.07) is 3.23. The molecule has 9 heteroatoms. The number of nitrogens with zero attached hydrogens (tertiary/aromatic N) is 5. The van der Waals surface area contributed by atoms with Crippen LogP contribution in [0.1, 0.15) is 43.1 Å². The maximum Gasteiger partial charge on any atom is 0.433 e. The summed E-state index contributed by atoms with van der Waals surface area (Å²) in [5, 5.41) is 7.35. The molecule has 2 heterocycles. The van der Waals surface area contributed by atoms with E-state index in [2.05, 4.69) is 20.4 Å². The Kier molecular flexibility index (Phi) is 4.82. The third kappa shape index (κ3) is 4.21. The van der Waals surface area contributed by atoms with Gasteiger partial charge in [0.1, 0.15) is 5.82 Å². The molecule has 2 aromatic heterocycles. The van der Waals surface area contributed by atoms with Gasteiger partial charge in [-0.25, -0.2) is 4.98 Å². The first-order valence-electron chi connectivity index (χ1n) is 8.24. The van der Waals surface area contributed by atoms with Gasteiger partial charge in [-0.1, -0.05) is 12.8 Å². The Morgan fingerprint density at radius 2 is 1.96 bits per heavy atom. The zero-order valence-electron chi connectivity index (χ0n) is 14.2. The highest BCUT2D eigenvalue weighted by Crippen LogP contribution is 2.30. The van der Waals surface area contributed by atoms with Gasteiger partial charge in [0.2, 0.25) is 5.95 Å². The average molecular weight is 354 g/mol. The summed E-state index contributed by atoms with van der Waals surface area (Å²) in [5.74, 6) is 0.134. The fourth-order valence-electron chi connectivity index (χ4n) is 2.90. The minimum atomic E-state index is -4.52. The second-order valence-electron chi connectivity index (χ2n) is 6.41. The van der Waals surface area contributed by atoms with Gasteiger partial charge in [0, 0.05) is 26.4 Å². The molecule has 1 aliphatic carbocycles. The van der Waals surface area contributed by atoms with Gasteiger partial charge in [0.15, 0.2) is 5.69 Å². The van der Waals surface area contributed by atoms with Crippen molar-refractivity contribution in [1.82, 2.24) is 19.7 Å². The van der Waals surface area contributed by atoms with E-state index in [0.717, 1.165) is 24.6 Å². The molecule has 0 radical (unpaired) electrons. The summed E-state index contributed by atoms with van der Waals surface area (Å²) in [7, 11) is 3.27. The van der Waals surface area contributed by atoms with Crippen molar-refractivity contribution in [2.45, 2.75) is 44.4 Å². The zero-order valence-corrected chi connectivity index (χ0v) is 14.2. The standard InChI is InChI=1S/C16H21F3N6/c1-24(2)14-9-13(16(17,18)19)21-15(22-14)20-10-11-7-8-25(23-11)12-5-3-4-6-12/h7-9,12H,3-6,10H2,1-2H3,(H,20,21,22). The Labute approximate surface area is 144 Å². The van der Waals surface area contributed by atoms with Crippen LogP contribution in [0, 0.1) is 0 Å². The van der Waals surface area contributed by atoms with Crippen LogP contribution in [-0.2, 0) is 12.7 Å². The van der Waals surface area contributed by atoms with Crippen LogP contribution in [0.25, 0.3) is 0 Å². The van der Waals surface area contributed by atoms with E-state index < -0.39 is 11.9 Å². The van der Waals surface area contributed by atoms with Crippen molar-refractivity contribution >= 4 is 11.8 Å². The van der Waals surface area contributed by atoms with Gasteiger partial charge in [-0.2, -0.15) is 23.3 Å². The lowest BCUT2D eigenvalue weighted by atomic mass is 10.3. The molecule has 0 aliphatic heterocycles. The lowest BCUT2D eigenvalue weighted by molar-refractivity contribution is -0.141. The fraction of sp³-hybridized carbons (Fsp3) is 0.562. The van der Waals surface area contributed by atoms with Crippen molar-refractivity contribution in [3.63, 3.8) is 0 Å². The predicted octanol–water partition coefficient (Wildman–Crippen LogP) is 3.49. The molecule has 0 spiro atoms. The summed E-state index contributed by atoms with van der Waals surface area (Å²) in [6.45, 7) is 0.272. The zero-order chi connectivity index (χ0) is 18.0. The van der Waals surface area contributed by atoms with Gasteiger partial charge in [-0.05, 0) is 18.9 Å².